The topological polar surface area (TPSA) is 61.4 Å². The molecule has 3 fully saturated rings. The largest absolute Gasteiger partial charge is 0.396 e. The molecular weight excluding hydrogens is 252 g/mol. The van der Waals surface area contributed by atoms with Gasteiger partial charge in [0.05, 0.1) is 0 Å². The van der Waals surface area contributed by atoms with Gasteiger partial charge in [0.2, 0.25) is 5.91 Å². The fourth-order valence-corrected chi connectivity index (χ4v) is 4.49. The Kier molecular flexibility index (Phi) is 4.61. The third-order valence-corrected chi connectivity index (χ3v) is 5.53. The van der Waals surface area contributed by atoms with Gasteiger partial charge < -0.3 is 15.7 Å². The molecule has 2 saturated heterocycles. The molecule has 3 N–H and O–H groups in total. The van der Waals surface area contributed by atoms with Gasteiger partial charge in [0.1, 0.15) is 0 Å². The van der Waals surface area contributed by atoms with Gasteiger partial charge in [-0.05, 0) is 44.4 Å². The zero-order chi connectivity index (χ0) is 13.9. The Morgan fingerprint density at radius 2 is 1.80 bits per heavy atom. The number of amides is 1. The number of aliphatic hydroxyl groups excluding tert-OH is 1. The Morgan fingerprint density at radius 3 is 2.50 bits per heavy atom. The van der Waals surface area contributed by atoms with E-state index in [0.717, 1.165) is 25.7 Å². The molecule has 3 rings (SSSR count). The number of hydrogen-bond acceptors (Lipinski definition) is 3. The number of nitrogens with one attached hydrogen (secondary N) is 2. The molecule has 4 atom stereocenters. The summed E-state index contributed by atoms with van der Waals surface area (Å²) in [7, 11) is 0. The summed E-state index contributed by atoms with van der Waals surface area (Å²) in [6.07, 6.45) is 10.1. The predicted molar refractivity (Wildman–Crippen MR) is 78.3 cm³/mol. The van der Waals surface area contributed by atoms with E-state index in [1.165, 1.54) is 25.7 Å². The number of fused-ring (bicyclic) bond motifs is 2. The normalized spacial score (nSPS) is 40.5. The molecule has 4 nitrogen and oxygen atoms in total. The Hall–Kier alpha value is -0.610. The zero-order valence-electron chi connectivity index (χ0n) is 12.3. The van der Waals surface area contributed by atoms with E-state index in [-0.39, 0.29) is 24.5 Å². The maximum absolute atomic E-state index is 12.3. The van der Waals surface area contributed by atoms with Crippen LogP contribution >= 0.6 is 0 Å². The second kappa shape index (κ2) is 6.44. The van der Waals surface area contributed by atoms with Crippen molar-refractivity contribution in [3.05, 3.63) is 0 Å². The zero-order valence-corrected chi connectivity index (χ0v) is 12.3. The Morgan fingerprint density at radius 1 is 1.10 bits per heavy atom. The van der Waals surface area contributed by atoms with Crippen LogP contribution in [-0.4, -0.2) is 35.7 Å². The molecule has 114 valence electrons. The minimum atomic E-state index is 0.208. The number of rotatable bonds is 4. The van der Waals surface area contributed by atoms with Crippen molar-refractivity contribution in [3.63, 3.8) is 0 Å². The van der Waals surface area contributed by atoms with Crippen LogP contribution < -0.4 is 10.6 Å². The van der Waals surface area contributed by atoms with Gasteiger partial charge in [-0.1, -0.05) is 12.8 Å². The fraction of sp³-hybridized carbons (Fsp3) is 0.938. The van der Waals surface area contributed by atoms with Gasteiger partial charge >= 0.3 is 0 Å². The Balaban J connectivity index is 1.47. The summed E-state index contributed by atoms with van der Waals surface area (Å²) in [4.78, 5) is 12.3. The van der Waals surface area contributed by atoms with Crippen LogP contribution in [0.1, 0.15) is 57.8 Å². The SMILES string of the molecule is O=C(CC1CC2CCC(C1)N2)NC1CCCCC1CO. The molecule has 3 aliphatic rings. The first-order valence-corrected chi connectivity index (χ1v) is 8.41. The first-order valence-electron chi connectivity index (χ1n) is 8.41. The average Bonchev–Trinajstić information content (AvgIpc) is 2.78. The summed E-state index contributed by atoms with van der Waals surface area (Å²) >= 11 is 0. The standard InChI is InChI=1S/C16H28N2O2/c19-10-12-3-1-2-4-15(12)18-16(20)9-11-7-13-5-6-14(8-11)17-13/h11-15,17,19H,1-10H2,(H,18,20). The van der Waals surface area contributed by atoms with Crippen molar-refractivity contribution in [2.45, 2.75) is 75.9 Å². The molecule has 2 aliphatic heterocycles. The maximum Gasteiger partial charge on any atom is 0.220 e. The Labute approximate surface area is 121 Å². The van der Waals surface area contributed by atoms with Gasteiger partial charge in [0.25, 0.3) is 0 Å². The van der Waals surface area contributed by atoms with Crippen molar-refractivity contribution in [2.75, 3.05) is 6.61 Å². The summed E-state index contributed by atoms with van der Waals surface area (Å²) in [5.41, 5.74) is 0. The third-order valence-electron chi connectivity index (χ3n) is 5.53. The summed E-state index contributed by atoms with van der Waals surface area (Å²) in [6.45, 7) is 0.211. The van der Waals surface area contributed by atoms with Crippen molar-refractivity contribution in [1.29, 1.82) is 0 Å². The molecule has 0 spiro atoms. The minimum Gasteiger partial charge on any atom is -0.396 e. The van der Waals surface area contributed by atoms with E-state index in [4.69, 9.17) is 0 Å². The molecule has 1 saturated carbocycles. The van der Waals surface area contributed by atoms with E-state index in [9.17, 15) is 9.90 Å². The molecule has 20 heavy (non-hydrogen) atoms. The van der Waals surface area contributed by atoms with Crippen LogP contribution in [0.4, 0.5) is 0 Å². The highest BCUT2D eigenvalue weighted by molar-refractivity contribution is 5.76. The second-order valence-corrected chi connectivity index (χ2v) is 7.08. The summed E-state index contributed by atoms with van der Waals surface area (Å²) in [5.74, 6) is 1.04. The lowest BCUT2D eigenvalue weighted by Crippen LogP contribution is -2.45. The molecule has 0 aromatic heterocycles. The van der Waals surface area contributed by atoms with Crippen molar-refractivity contribution in [3.8, 4) is 0 Å². The Bertz CT molecular complexity index is 335. The van der Waals surface area contributed by atoms with Crippen LogP contribution in [0.25, 0.3) is 0 Å². The number of carbonyl (C=O) groups excluding carboxylic acids is 1. The molecule has 0 aromatic carbocycles. The smallest absolute Gasteiger partial charge is 0.220 e. The van der Waals surface area contributed by atoms with E-state index in [1.54, 1.807) is 0 Å². The lowest BCUT2D eigenvalue weighted by atomic mass is 9.84. The molecule has 4 unspecified atom stereocenters. The van der Waals surface area contributed by atoms with Crippen molar-refractivity contribution in [2.24, 2.45) is 11.8 Å². The maximum atomic E-state index is 12.3. The number of hydrogen-bond donors (Lipinski definition) is 3. The highest BCUT2D eigenvalue weighted by atomic mass is 16.3. The highest BCUT2D eigenvalue weighted by Crippen LogP contribution is 2.33. The van der Waals surface area contributed by atoms with Gasteiger partial charge in [-0.25, -0.2) is 0 Å². The summed E-state index contributed by atoms with van der Waals surface area (Å²) in [5, 5.41) is 16.2. The van der Waals surface area contributed by atoms with E-state index in [0.29, 0.717) is 24.4 Å². The molecule has 0 radical (unpaired) electrons. The van der Waals surface area contributed by atoms with Gasteiger partial charge in [-0.15, -0.1) is 0 Å². The summed E-state index contributed by atoms with van der Waals surface area (Å²) < 4.78 is 0. The number of aliphatic hydroxyl groups is 1. The van der Waals surface area contributed by atoms with E-state index >= 15 is 0 Å². The van der Waals surface area contributed by atoms with E-state index in [2.05, 4.69) is 10.6 Å². The van der Waals surface area contributed by atoms with Crippen molar-refractivity contribution < 1.29 is 9.90 Å². The van der Waals surface area contributed by atoms with Gasteiger partial charge in [-0.3, -0.25) is 4.79 Å². The number of piperidine rings is 1. The van der Waals surface area contributed by atoms with Crippen LogP contribution in [0.5, 0.6) is 0 Å². The lowest BCUT2D eigenvalue weighted by molar-refractivity contribution is -0.123. The predicted octanol–water partition coefficient (Wildman–Crippen LogP) is 1.57. The van der Waals surface area contributed by atoms with Crippen LogP contribution in [0.3, 0.4) is 0 Å². The molecule has 1 amide bonds. The number of carbonyl (C=O) groups is 1. The van der Waals surface area contributed by atoms with E-state index < -0.39 is 0 Å². The van der Waals surface area contributed by atoms with Crippen molar-refractivity contribution in [1.82, 2.24) is 10.6 Å². The molecule has 4 heteroatoms. The minimum absolute atomic E-state index is 0.208. The van der Waals surface area contributed by atoms with Gasteiger partial charge in [0, 0.05) is 37.1 Å². The van der Waals surface area contributed by atoms with Crippen LogP contribution in [-0.2, 0) is 4.79 Å². The quantitative estimate of drug-likeness (QED) is 0.732. The van der Waals surface area contributed by atoms with Crippen LogP contribution in [0, 0.1) is 11.8 Å². The molecule has 1 aliphatic carbocycles. The molecule has 2 heterocycles. The first kappa shape index (κ1) is 14.3. The second-order valence-electron chi connectivity index (χ2n) is 7.08. The monoisotopic (exact) mass is 280 g/mol. The van der Waals surface area contributed by atoms with E-state index in [1.807, 2.05) is 0 Å². The molecule has 2 bridgehead atoms. The first-order chi connectivity index (χ1) is 9.74. The fourth-order valence-electron chi connectivity index (χ4n) is 4.49. The van der Waals surface area contributed by atoms with Crippen molar-refractivity contribution >= 4 is 5.91 Å². The van der Waals surface area contributed by atoms with Gasteiger partial charge in [-0.2, -0.15) is 0 Å². The third kappa shape index (κ3) is 3.34. The van der Waals surface area contributed by atoms with Crippen LogP contribution in [0.15, 0.2) is 0 Å². The van der Waals surface area contributed by atoms with Crippen LogP contribution in [0.2, 0.25) is 0 Å². The van der Waals surface area contributed by atoms with Gasteiger partial charge in [0.15, 0.2) is 0 Å². The molecular formula is C16H28N2O2. The molecule has 0 aromatic rings. The lowest BCUT2D eigenvalue weighted by Gasteiger charge is -2.32. The summed E-state index contributed by atoms with van der Waals surface area (Å²) in [6, 6.07) is 1.53. The highest BCUT2D eigenvalue weighted by Gasteiger charge is 2.34. The average molecular weight is 280 g/mol.